The summed E-state index contributed by atoms with van der Waals surface area (Å²) in [7, 11) is 1.91. The number of aryl methyl sites for hydroxylation is 2. The van der Waals surface area contributed by atoms with Gasteiger partial charge in [-0.2, -0.15) is 0 Å². The van der Waals surface area contributed by atoms with E-state index in [-0.39, 0.29) is 11.4 Å². The fourth-order valence-electron chi connectivity index (χ4n) is 3.51. The molecule has 1 N–H and O–H groups in total. The standard InChI is InChI=1S/C24H18FN5O2S/c1-14-18(19(29-32-14)16-8-10-17(25)11-9-16)23(31)28-24-27-20(15-6-4-3-5-7-15)21(33-24)22-26-12-13-30(22)2/h3-13H,1-2H3,(H,27,28,31). The molecule has 1 amide bonds. The minimum Gasteiger partial charge on any atom is -0.360 e. The van der Waals surface area contributed by atoms with Crippen LogP contribution in [0.15, 0.2) is 71.5 Å². The van der Waals surface area contributed by atoms with E-state index in [1.165, 1.54) is 23.5 Å². The molecule has 3 heterocycles. The number of rotatable bonds is 5. The molecule has 0 aliphatic heterocycles. The highest BCUT2D eigenvalue weighted by Gasteiger charge is 2.24. The van der Waals surface area contributed by atoms with Crippen LogP contribution < -0.4 is 5.32 Å². The maximum absolute atomic E-state index is 13.3. The summed E-state index contributed by atoms with van der Waals surface area (Å²) in [5.41, 5.74) is 2.84. The second-order valence-corrected chi connectivity index (χ2v) is 8.35. The van der Waals surface area contributed by atoms with Gasteiger partial charge < -0.3 is 9.09 Å². The molecule has 0 bridgehead atoms. The van der Waals surface area contributed by atoms with Crippen molar-refractivity contribution < 1.29 is 13.7 Å². The molecule has 9 heteroatoms. The fraction of sp³-hybridized carbons (Fsp3) is 0.0833. The second-order valence-electron chi connectivity index (χ2n) is 7.35. The number of aromatic nitrogens is 4. The van der Waals surface area contributed by atoms with Crippen LogP contribution in [-0.2, 0) is 7.05 Å². The summed E-state index contributed by atoms with van der Waals surface area (Å²) < 4.78 is 20.5. The Morgan fingerprint density at radius 1 is 1.06 bits per heavy atom. The zero-order valence-corrected chi connectivity index (χ0v) is 18.6. The summed E-state index contributed by atoms with van der Waals surface area (Å²) in [6.45, 7) is 1.66. The summed E-state index contributed by atoms with van der Waals surface area (Å²) in [6, 6.07) is 15.5. The van der Waals surface area contributed by atoms with Gasteiger partial charge in [0.05, 0.1) is 10.6 Å². The Kier molecular flexibility index (Phi) is 5.31. The number of halogens is 1. The van der Waals surface area contributed by atoms with Crippen molar-refractivity contribution in [3.63, 3.8) is 0 Å². The van der Waals surface area contributed by atoms with Crippen molar-refractivity contribution in [2.24, 2.45) is 7.05 Å². The first-order valence-electron chi connectivity index (χ1n) is 10.1. The minimum atomic E-state index is -0.409. The van der Waals surface area contributed by atoms with E-state index in [1.807, 2.05) is 48.1 Å². The van der Waals surface area contributed by atoms with Crippen molar-refractivity contribution in [3.05, 3.63) is 84.1 Å². The molecule has 0 radical (unpaired) electrons. The molecular formula is C24H18FN5O2S. The Hall–Kier alpha value is -4.11. The molecule has 0 spiro atoms. The van der Waals surface area contributed by atoms with Crippen molar-refractivity contribution in [1.82, 2.24) is 19.7 Å². The monoisotopic (exact) mass is 459 g/mol. The molecule has 0 unspecified atom stereocenters. The lowest BCUT2D eigenvalue weighted by Gasteiger charge is -2.03. The second kappa shape index (κ2) is 8.44. The largest absolute Gasteiger partial charge is 0.360 e. The number of hydrogen-bond donors (Lipinski definition) is 1. The number of benzene rings is 2. The van der Waals surface area contributed by atoms with Crippen molar-refractivity contribution in [3.8, 4) is 33.2 Å². The van der Waals surface area contributed by atoms with Crippen LogP contribution in [0.4, 0.5) is 9.52 Å². The van der Waals surface area contributed by atoms with Gasteiger partial charge >= 0.3 is 0 Å². The van der Waals surface area contributed by atoms with E-state index in [4.69, 9.17) is 9.51 Å². The molecule has 5 aromatic rings. The Bertz CT molecular complexity index is 1440. The molecule has 7 nitrogen and oxygen atoms in total. The van der Waals surface area contributed by atoms with Gasteiger partial charge in [0, 0.05) is 30.6 Å². The highest BCUT2D eigenvalue weighted by molar-refractivity contribution is 7.19. The number of thiazole rings is 1. The van der Waals surface area contributed by atoms with E-state index in [0.29, 0.717) is 22.1 Å². The molecule has 2 aromatic carbocycles. The average Bonchev–Trinajstić information content (AvgIpc) is 3.53. The summed E-state index contributed by atoms with van der Waals surface area (Å²) in [6.07, 6.45) is 3.58. The van der Waals surface area contributed by atoms with E-state index < -0.39 is 5.91 Å². The third-order valence-corrected chi connectivity index (χ3v) is 6.09. The van der Waals surface area contributed by atoms with Crippen LogP contribution in [-0.4, -0.2) is 25.6 Å². The van der Waals surface area contributed by atoms with Gasteiger partial charge in [-0.25, -0.2) is 14.4 Å². The average molecular weight is 460 g/mol. The Morgan fingerprint density at radius 2 is 1.79 bits per heavy atom. The highest BCUT2D eigenvalue weighted by Crippen LogP contribution is 2.38. The van der Waals surface area contributed by atoms with Gasteiger partial charge in [-0.1, -0.05) is 46.8 Å². The lowest BCUT2D eigenvalue weighted by Crippen LogP contribution is -2.13. The molecule has 3 aromatic heterocycles. The highest BCUT2D eigenvalue weighted by atomic mass is 32.1. The molecule has 33 heavy (non-hydrogen) atoms. The Balaban J connectivity index is 1.53. The van der Waals surface area contributed by atoms with E-state index in [2.05, 4.69) is 15.5 Å². The predicted octanol–water partition coefficient (Wildman–Crippen LogP) is 5.57. The molecule has 0 atom stereocenters. The quantitative estimate of drug-likeness (QED) is 0.372. The zero-order chi connectivity index (χ0) is 22.9. The SMILES string of the molecule is Cc1onc(-c2ccc(F)cc2)c1C(=O)Nc1nc(-c2ccccc2)c(-c2nccn2C)s1. The first kappa shape index (κ1) is 20.8. The summed E-state index contributed by atoms with van der Waals surface area (Å²) in [5, 5.41) is 7.31. The molecular weight excluding hydrogens is 441 g/mol. The van der Waals surface area contributed by atoms with E-state index >= 15 is 0 Å². The van der Waals surface area contributed by atoms with Gasteiger partial charge in [0.25, 0.3) is 5.91 Å². The number of anilines is 1. The number of nitrogens with zero attached hydrogens (tertiary/aromatic N) is 4. The minimum absolute atomic E-state index is 0.275. The van der Waals surface area contributed by atoms with Gasteiger partial charge in [0.2, 0.25) is 0 Å². The van der Waals surface area contributed by atoms with E-state index in [9.17, 15) is 9.18 Å². The number of nitrogens with one attached hydrogen (secondary N) is 1. The normalized spacial score (nSPS) is 11.0. The molecule has 0 aliphatic rings. The topological polar surface area (TPSA) is 85.8 Å². The van der Waals surface area contributed by atoms with Crippen LogP contribution >= 0.6 is 11.3 Å². The first-order valence-corrected chi connectivity index (χ1v) is 10.9. The summed E-state index contributed by atoms with van der Waals surface area (Å²) in [4.78, 5) is 23.2. The maximum Gasteiger partial charge on any atom is 0.263 e. The van der Waals surface area contributed by atoms with E-state index in [0.717, 1.165) is 22.0 Å². The number of hydrogen-bond acceptors (Lipinski definition) is 6. The van der Waals surface area contributed by atoms with Crippen LogP contribution in [0.5, 0.6) is 0 Å². The third kappa shape index (κ3) is 3.94. The maximum atomic E-state index is 13.3. The smallest absolute Gasteiger partial charge is 0.263 e. The van der Waals surface area contributed by atoms with Crippen molar-refractivity contribution in [1.29, 1.82) is 0 Å². The molecule has 0 fully saturated rings. The molecule has 5 rings (SSSR count). The number of carbonyl (C=O) groups excluding carboxylic acids is 1. The van der Waals surface area contributed by atoms with Crippen LogP contribution in [0.25, 0.3) is 33.2 Å². The van der Waals surface area contributed by atoms with Gasteiger partial charge in [-0.05, 0) is 31.2 Å². The fourth-order valence-corrected chi connectivity index (χ4v) is 4.53. The number of amides is 1. The van der Waals surface area contributed by atoms with Crippen molar-refractivity contribution >= 4 is 22.4 Å². The van der Waals surface area contributed by atoms with Crippen LogP contribution in [0.2, 0.25) is 0 Å². The first-order chi connectivity index (χ1) is 16.0. The van der Waals surface area contributed by atoms with Gasteiger partial charge in [0.1, 0.15) is 22.8 Å². The predicted molar refractivity (Wildman–Crippen MR) is 124 cm³/mol. The molecule has 0 aliphatic carbocycles. The van der Waals surface area contributed by atoms with Crippen molar-refractivity contribution in [2.75, 3.05) is 5.32 Å². The summed E-state index contributed by atoms with van der Waals surface area (Å²) in [5.74, 6) is 0.326. The van der Waals surface area contributed by atoms with Crippen molar-refractivity contribution in [2.45, 2.75) is 6.92 Å². The lowest BCUT2D eigenvalue weighted by atomic mass is 10.1. The van der Waals surface area contributed by atoms with Crippen LogP contribution in [0, 0.1) is 12.7 Å². The Morgan fingerprint density at radius 3 is 2.48 bits per heavy atom. The van der Waals surface area contributed by atoms with E-state index in [1.54, 1.807) is 25.3 Å². The molecule has 164 valence electrons. The van der Waals surface area contributed by atoms with Gasteiger partial charge in [-0.15, -0.1) is 0 Å². The van der Waals surface area contributed by atoms with Gasteiger partial charge in [-0.3, -0.25) is 10.1 Å². The number of carbonyl (C=O) groups is 1. The number of imidazole rings is 1. The third-order valence-electron chi connectivity index (χ3n) is 5.13. The van der Waals surface area contributed by atoms with Crippen LogP contribution in [0.1, 0.15) is 16.1 Å². The summed E-state index contributed by atoms with van der Waals surface area (Å²) >= 11 is 1.33. The lowest BCUT2D eigenvalue weighted by molar-refractivity contribution is 0.102. The molecule has 0 saturated heterocycles. The molecule has 0 saturated carbocycles. The van der Waals surface area contributed by atoms with Gasteiger partial charge in [0.15, 0.2) is 11.0 Å². The zero-order valence-electron chi connectivity index (χ0n) is 17.7. The Labute approximate surface area is 192 Å². The van der Waals surface area contributed by atoms with Crippen LogP contribution in [0.3, 0.4) is 0 Å².